The van der Waals surface area contributed by atoms with Crippen LogP contribution in [0, 0.1) is 0 Å². The maximum atomic E-state index is 5.66. The molecule has 2 rings (SSSR count). The third kappa shape index (κ3) is 5.71. The molecule has 1 aromatic carbocycles. The predicted molar refractivity (Wildman–Crippen MR) is 110 cm³/mol. The lowest BCUT2D eigenvalue weighted by atomic mass is 9.99. The quantitative estimate of drug-likeness (QED) is 0.532. The van der Waals surface area contributed by atoms with Gasteiger partial charge in [0.15, 0.2) is 17.5 Å². The summed E-state index contributed by atoms with van der Waals surface area (Å²) in [4.78, 5) is 4.84. The molecule has 0 spiro atoms. The predicted octanol–water partition coefficient (Wildman–Crippen LogP) is 3.38. The second-order valence-corrected chi connectivity index (χ2v) is 7.39. The normalized spacial score (nSPS) is 16.8. The monoisotopic (exact) mass is 381 g/mol. The lowest BCUT2D eigenvalue weighted by Crippen LogP contribution is -2.38. The van der Waals surface area contributed by atoms with Gasteiger partial charge in [-0.3, -0.25) is 4.99 Å². The zero-order chi connectivity index (χ0) is 18.8. The van der Waals surface area contributed by atoms with Gasteiger partial charge in [0, 0.05) is 36.3 Å². The number of nitrogens with one attached hydrogen (secondary N) is 2. The van der Waals surface area contributed by atoms with E-state index in [-0.39, 0.29) is 4.75 Å². The lowest BCUT2D eigenvalue weighted by Gasteiger charge is -2.34. The average Bonchev–Trinajstić information content (AvgIpc) is 2.67. The van der Waals surface area contributed by atoms with E-state index in [0.717, 1.165) is 62.3 Å². The molecule has 7 heteroatoms. The van der Waals surface area contributed by atoms with E-state index < -0.39 is 0 Å². The fourth-order valence-corrected chi connectivity index (χ4v) is 3.63. The van der Waals surface area contributed by atoms with E-state index in [1.54, 1.807) is 7.11 Å². The van der Waals surface area contributed by atoms with Crippen molar-refractivity contribution in [2.75, 3.05) is 51.6 Å². The van der Waals surface area contributed by atoms with Crippen LogP contribution >= 0.6 is 11.8 Å². The number of benzene rings is 1. The van der Waals surface area contributed by atoms with Gasteiger partial charge in [-0.25, -0.2) is 0 Å². The van der Waals surface area contributed by atoms with Crippen LogP contribution in [-0.4, -0.2) is 57.0 Å². The molecule has 1 aromatic rings. The Balaban J connectivity index is 2.12. The smallest absolute Gasteiger partial charge is 0.195 e. The van der Waals surface area contributed by atoms with Gasteiger partial charge in [0.25, 0.3) is 0 Å². The van der Waals surface area contributed by atoms with Crippen LogP contribution in [-0.2, 0) is 4.74 Å². The molecule has 1 heterocycles. The topological polar surface area (TPSA) is 64.1 Å². The van der Waals surface area contributed by atoms with Gasteiger partial charge in [-0.1, -0.05) is 0 Å². The molecule has 0 bridgehead atoms. The van der Waals surface area contributed by atoms with Gasteiger partial charge in [0.05, 0.1) is 20.3 Å². The zero-order valence-electron chi connectivity index (χ0n) is 16.3. The SMILES string of the molecule is CCNC(=NCC1(SC)CCOCC1)Nc1ccc(OC)c(OCC)c1. The van der Waals surface area contributed by atoms with Crippen LogP contribution in [0.2, 0.25) is 0 Å². The number of anilines is 1. The van der Waals surface area contributed by atoms with Crippen LogP contribution in [0.25, 0.3) is 0 Å². The molecule has 1 fully saturated rings. The molecule has 0 amide bonds. The second-order valence-electron chi connectivity index (χ2n) is 6.12. The highest BCUT2D eigenvalue weighted by Gasteiger charge is 2.31. The number of guanidine groups is 1. The van der Waals surface area contributed by atoms with Crippen molar-refractivity contribution < 1.29 is 14.2 Å². The first-order chi connectivity index (χ1) is 12.7. The fourth-order valence-electron chi connectivity index (χ4n) is 2.86. The number of rotatable bonds is 8. The summed E-state index contributed by atoms with van der Waals surface area (Å²) in [6.07, 6.45) is 4.24. The van der Waals surface area contributed by atoms with Gasteiger partial charge < -0.3 is 24.8 Å². The van der Waals surface area contributed by atoms with Gasteiger partial charge in [-0.05, 0) is 45.1 Å². The molecule has 1 aliphatic heterocycles. The van der Waals surface area contributed by atoms with Crippen LogP contribution in [0.3, 0.4) is 0 Å². The van der Waals surface area contributed by atoms with E-state index in [0.29, 0.717) is 6.61 Å². The third-order valence-corrected chi connectivity index (χ3v) is 5.84. The van der Waals surface area contributed by atoms with E-state index in [9.17, 15) is 0 Å². The summed E-state index contributed by atoms with van der Waals surface area (Å²) < 4.78 is 16.7. The van der Waals surface area contributed by atoms with Gasteiger partial charge in [0.2, 0.25) is 0 Å². The third-order valence-electron chi connectivity index (χ3n) is 4.43. The van der Waals surface area contributed by atoms with E-state index in [2.05, 4.69) is 23.8 Å². The number of hydrogen-bond acceptors (Lipinski definition) is 5. The van der Waals surface area contributed by atoms with Crippen molar-refractivity contribution in [2.45, 2.75) is 31.4 Å². The second kappa shape index (κ2) is 10.5. The van der Waals surface area contributed by atoms with Crippen LogP contribution < -0.4 is 20.1 Å². The molecule has 26 heavy (non-hydrogen) atoms. The van der Waals surface area contributed by atoms with Crippen molar-refractivity contribution in [2.24, 2.45) is 4.99 Å². The van der Waals surface area contributed by atoms with E-state index in [1.807, 2.05) is 36.9 Å². The van der Waals surface area contributed by atoms with Gasteiger partial charge in [-0.2, -0.15) is 11.8 Å². The van der Waals surface area contributed by atoms with Gasteiger partial charge in [-0.15, -0.1) is 0 Å². The van der Waals surface area contributed by atoms with E-state index in [1.165, 1.54) is 0 Å². The van der Waals surface area contributed by atoms with Crippen LogP contribution in [0.15, 0.2) is 23.2 Å². The molecule has 1 saturated heterocycles. The summed E-state index contributed by atoms with van der Waals surface area (Å²) in [5.41, 5.74) is 0.916. The maximum Gasteiger partial charge on any atom is 0.195 e. The Morgan fingerprint density at radius 3 is 2.65 bits per heavy atom. The van der Waals surface area contributed by atoms with E-state index >= 15 is 0 Å². The Morgan fingerprint density at radius 2 is 2.04 bits per heavy atom. The first-order valence-corrected chi connectivity index (χ1v) is 10.4. The standard InChI is InChI=1S/C19H31N3O3S/c1-5-20-18(21-14-19(26-4)9-11-24-12-10-19)22-15-7-8-16(23-3)17(13-15)25-6-2/h7-8,13H,5-6,9-12,14H2,1-4H3,(H2,20,21,22). The number of aliphatic imine (C=N–C) groups is 1. The van der Waals surface area contributed by atoms with Crippen molar-refractivity contribution in [1.29, 1.82) is 0 Å². The molecule has 0 saturated carbocycles. The molecule has 0 unspecified atom stereocenters. The minimum absolute atomic E-state index is 0.164. The molecule has 0 atom stereocenters. The highest BCUT2D eigenvalue weighted by molar-refractivity contribution is 8.00. The largest absolute Gasteiger partial charge is 0.493 e. The molecule has 0 aliphatic carbocycles. The summed E-state index contributed by atoms with van der Waals surface area (Å²) in [5, 5.41) is 6.69. The summed E-state index contributed by atoms with van der Waals surface area (Å²) in [6, 6.07) is 5.81. The number of nitrogens with zero attached hydrogens (tertiary/aromatic N) is 1. The zero-order valence-corrected chi connectivity index (χ0v) is 17.1. The molecular formula is C19H31N3O3S. The van der Waals surface area contributed by atoms with Crippen LogP contribution in [0.1, 0.15) is 26.7 Å². The minimum atomic E-state index is 0.164. The Kier molecular flexibility index (Phi) is 8.38. The van der Waals surface area contributed by atoms with Crippen LogP contribution in [0.4, 0.5) is 5.69 Å². The molecule has 2 N–H and O–H groups in total. The summed E-state index contributed by atoms with van der Waals surface area (Å²) >= 11 is 1.89. The van der Waals surface area contributed by atoms with Crippen LogP contribution in [0.5, 0.6) is 11.5 Å². The summed E-state index contributed by atoms with van der Waals surface area (Å²) in [6.45, 7) is 7.81. The lowest BCUT2D eigenvalue weighted by molar-refractivity contribution is 0.0794. The minimum Gasteiger partial charge on any atom is -0.493 e. The van der Waals surface area contributed by atoms with Gasteiger partial charge in [0.1, 0.15) is 0 Å². The van der Waals surface area contributed by atoms with E-state index in [4.69, 9.17) is 19.2 Å². The van der Waals surface area contributed by atoms with Crippen molar-refractivity contribution in [3.05, 3.63) is 18.2 Å². The average molecular weight is 382 g/mol. The molecule has 1 aliphatic rings. The van der Waals surface area contributed by atoms with Crippen molar-refractivity contribution in [3.8, 4) is 11.5 Å². The summed E-state index contributed by atoms with van der Waals surface area (Å²) in [5.74, 6) is 2.23. The Hall–Kier alpha value is -1.60. The Morgan fingerprint density at radius 1 is 1.27 bits per heavy atom. The number of thioether (sulfide) groups is 1. The molecule has 146 valence electrons. The van der Waals surface area contributed by atoms with Crippen molar-refractivity contribution >= 4 is 23.4 Å². The first-order valence-electron chi connectivity index (χ1n) is 9.15. The van der Waals surface area contributed by atoms with Crippen molar-refractivity contribution in [1.82, 2.24) is 5.32 Å². The fraction of sp³-hybridized carbons (Fsp3) is 0.632. The molecular weight excluding hydrogens is 350 g/mol. The molecule has 0 aromatic heterocycles. The number of ether oxygens (including phenoxy) is 3. The number of hydrogen-bond donors (Lipinski definition) is 2. The highest BCUT2D eigenvalue weighted by atomic mass is 32.2. The Bertz CT molecular complexity index is 589. The maximum absolute atomic E-state index is 5.66. The van der Waals surface area contributed by atoms with Gasteiger partial charge >= 0.3 is 0 Å². The molecule has 6 nitrogen and oxygen atoms in total. The summed E-state index contributed by atoms with van der Waals surface area (Å²) in [7, 11) is 1.65. The van der Waals surface area contributed by atoms with Crippen molar-refractivity contribution in [3.63, 3.8) is 0 Å². The first kappa shape index (κ1) is 20.7. The Labute approximate surface area is 161 Å². The molecule has 0 radical (unpaired) electrons. The number of methoxy groups -OCH3 is 1. The highest BCUT2D eigenvalue weighted by Crippen LogP contribution is 2.34.